The van der Waals surface area contributed by atoms with Gasteiger partial charge in [-0.1, -0.05) is 17.7 Å². The fourth-order valence-electron chi connectivity index (χ4n) is 4.45. The van der Waals surface area contributed by atoms with Gasteiger partial charge in [-0.15, -0.1) is 0 Å². The summed E-state index contributed by atoms with van der Waals surface area (Å²) in [6, 6.07) is 8.87. The van der Waals surface area contributed by atoms with Crippen LogP contribution in [0.25, 0.3) is 16.9 Å². The average Bonchev–Trinajstić information content (AvgIpc) is 3.23. The number of methoxy groups -OCH3 is 2. The lowest BCUT2D eigenvalue weighted by Crippen LogP contribution is -2.36. The van der Waals surface area contributed by atoms with Crippen molar-refractivity contribution in [3.8, 4) is 22.6 Å². The Morgan fingerprint density at radius 1 is 0.973 bits per heavy atom. The molecule has 0 amide bonds. The summed E-state index contributed by atoms with van der Waals surface area (Å²) >= 11 is 6.09. The van der Waals surface area contributed by atoms with Crippen LogP contribution in [0, 0.1) is 5.82 Å². The third kappa shape index (κ3) is 4.67. The summed E-state index contributed by atoms with van der Waals surface area (Å²) in [5.41, 5.74) is 1.60. The molecule has 2 aromatic carbocycles. The van der Waals surface area contributed by atoms with Crippen molar-refractivity contribution < 1.29 is 22.3 Å². The molecule has 0 N–H and O–H groups in total. The number of nitrogens with zero attached hydrogens (tertiary/aromatic N) is 6. The zero-order chi connectivity index (χ0) is 26.2. The van der Waals surface area contributed by atoms with E-state index in [4.69, 9.17) is 21.1 Å². The van der Waals surface area contributed by atoms with Gasteiger partial charge in [-0.3, -0.25) is 0 Å². The molecule has 0 atom stereocenters. The highest BCUT2D eigenvalue weighted by Crippen LogP contribution is 2.37. The van der Waals surface area contributed by atoms with E-state index in [0.717, 1.165) is 29.1 Å². The highest BCUT2D eigenvalue weighted by molar-refractivity contribution is 7.89. The van der Waals surface area contributed by atoms with E-state index in [9.17, 15) is 12.8 Å². The molecule has 0 aliphatic carbocycles. The van der Waals surface area contributed by atoms with Crippen LogP contribution in [0.4, 0.5) is 10.2 Å². The largest absolute Gasteiger partial charge is 0.493 e. The van der Waals surface area contributed by atoms with Gasteiger partial charge >= 0.3 is 0 Å². The number of hydrogen-bond donors (Lipinski definition) is 0. The van der Waals surface area contributed by atoms with Crippen LogP contribution >= 0.6 is 11.6 Å². The van der Waals surface area contributed by atoms with Crippen LogP contribution in [0.2, 0.25) is 5.02 Å². The maximum absolute atomic E-state index is 13.5. The Hall–Kier alpha value is -3.48. The van der Waals surface area contributed by atoms with E-state index in [1.54, 1.807) is 24.9 Å². The molecule has 1 saturated heterocycles. The van der Waals surface area contributed by atoms with Crippen LogP contribution in [0.3, 0.4) is 0 Å². The molecule has 0 unspecified atom stereocenters. The second-order valence-electron chi connectivity index (χ2n) is 8.36. The maximum atomic E-state index is 13.5. The summed E-state index contributed by atoms with van der Waals surface area (Å²) in [6.07, 6.45) is 3.69. The van der Waals surface area contributed by atoms with Gasteiger partial charge in [0, 0.05) is 37.9 Å². The van der Waals surface area contributed by atoms with Crippen molar-refractivity contribution in [2.75, 3.05) is 45.3 Å². The van der Waals surface area contributed by atoms with E-state index in [1.807, 2.05) is 18.2 Å². The van der Waals surface area contributed by atoms with Crippen LogP contribution in [0.5, 0.6) is 11.5 Å². The minimum Gasteiger partial charge on any atom is -0.493 e. The monoisotopic (exact) mass is 546 g/mol. The SMILES string of the molecule is COc1ccc(-c2cnc3ncnn3c2N2CCCN(S(=O)(=O)c3ccc(F)cc3Cl)CC2)cc1OC. The lowest BCUT2D eigenvalue weighted by Gasteiger charge is -2.26. The Morgan fingerprint density at radius 2 is 1.78 bits per heavy atom. The zero-order valence-corrected chi connectivity index (χ0v) is 21.7. The molecule has 0 spiro atoms. The Labute approximate surface area is 218 Å². The Bertz CT molecular complexity index is 1560. The fourth-order valence-corrected chi connectivity index (χ4v) is 6.42. The molecule has 2 aromatic heterocycles. The standard InChI is InChI=1S/C24H24ClFN6O4S/c1-35-20-6-4-16(12-21(20)36-2)18-14-27-24-28-15-29-32(24)23(18)30-8-3-9-31(11-10-30)37(33,34)22-7-5-17(26)13-19(22)25/h4-7,12-15H,3,8-11H2,1-2H3. The Kier molecular flexibility index (Phi) is 6.88. The van der Waals surface area contributed by atoms with Gasteiger partial charge < -0.3 is 14.4 Å². The van der Waals surface area contributed by atoms with Gasteiger partial charge in [-0.05, 0) is 42.3 Å². The Balaban J connectivity index is 1.51. The summed E-state index contributed by atoms with van der Waals surface area (Å²) in [7, 11) is -0.779. The molecule has 10 nitrogen and oxygen atoms in total. The molecular weight excluding hydrogens is 523 g/mol. The quantitative estimate of drug-likeness (QED) is 0.362. The lowest BCUT2D eigenvalue weighted by atomic mass is 10.1. The summed E-state index contributed by atoms with van der Waals surface area (Å²) in [6.45, 7) is 1.41. The second kappa shape index (κ2) is 10.1. The number of ether oxygens (including phenoxy) is 2. The average molecular weight is 547 g/mol. The summed E-state index contributed by atoms with van der Waals surface area (Å²) in [4.78, 5) is 10.6. The highest BCUT2D eigenvalue weighted by Gasteiger charge is 2.30. The number of benzene rings is 2. The topological polar surface area (TPSA) is 102 Å². The van der Waals surface area contributed by atoms with Gasteiger partial charge in [0.05, 0.1) is 19.2 Å². The third-order valence-electron chi connectivity index (χ3n) is 6.24. The van der Waals surface area contributed by atoms with E-state index >= 15 is 0 Å². The number of aromatic nitrogens is 4. The summed E-state index contributed by atoms with van der Waals surface area (Å²) in [5, 5.41) is 4.24. The molecule has 0 radical (unpaired) electrons. The second-order valence-corrected chi connectivity index (χ2v) is 10.7. The van der Waals surface area contributed by atoms with Gasteiger partial charge in [0.25, 0.3) is 5.78 Å². The molecular formula is C24H24ClFN6O4S. The van der Waals surface area contributed by atoms with Crippen molar-refractivity contribution in [1.82, 2.24) is 23.9 Å². The molecule has 194 valence electrons. The van der Waals surface area contributed by atoms with Gasteiger partial charge in [0.2, 0.25) is 10.0 Å². The molecule has 4 aromatic rings. The molecule has 0 saturated carbocycles. The van der Waals surface area contributed by atoms with Crippen molar-refractivity contribution in [3.63, 3.8) is 0 Å². The third-order valence-corrected chi connectivity index (χ3v) is 8.62. The van der Waals surface area contributed by atoms with Crippen LogP contribution in [0.15, 0.2) is 53.8 Å². The number of sulfonamides is 1. The van der Waals surface area contributed by atoms with Crippen LogP contribution in [0.1, 0.15) is 6.42 Å². The van der Waals surface area contributed by atoms with Crippen molar-refractivity contribution in [3.05, 3.63) is 59.8 Å². The molecule has 1 fully saturated rings. The molecule has 5 rings (SSSR count). The number of rotatable bonds is 6. The van der Waals surface area contributed by atoms with Crippen molar-refractivity contribution in [2.24, 2.45) is 0 Å². The van der Waals surface area contributed by atoms with Crippen LogP contribution < -0.4 is 14.4 Å². The maximum Gasteiger partial charge on any atom is 0.254 e. The molecule has 37 heavy (non-hydrogen) atoms. The van der Waals surface area contributed by atoms with E-state index in [2.05, 4.69) is 20.0 Å². The first-order valence-electron chi connectivity index (χ1n) is 11.4. The van der Waals surface area contributed by atoms with Gasteiger partial charge in [0.1, 0.15) is 22.9 Å². The predicted octanol–water partition coefficient (Wildman–Crippen LogP) is 3.50. The first-order chi connectivity index (χ1) is 17.8. The minimum atomic E-state index is -3.92. The van der Waals surface area contributed by atoms with Crippen LogP contribution in [-0.2, 0) is 10.0 Å². The lowest BCUT2D eigenvalue weighted by molar-refractivity contribution is 0.355. The first kappa shape index (κ1) is 25.2. The fraction of sp³-hybridized carbons (Fsp3) is 0.292. The van der Waals surface area contributed by atoms with Crippen molar-refractivity contribution >= 4 is 33.2 Å². The van der Waals surface area contributed by atoms with Crippen molar-refractivity contribution in [1.29, 1.82) is 0 Å². The molecule has 3 heterocycles. The summed E-state index contributed by atoms with van der Waals surface area (Å²) < 4.78 is 54.1. The zero-order valence-electron chi connectivity index (χ0n) is 20.1. The molecule has 13 heteroatoms. The summed E-state index contributed by atoms with van der Waals surface area (Å²) in [5.74, 6) is 1.72. The van der Waals surface area contributed by atoms with E-state index in [0.29, 0.717) is 36.8 Å². The number of hydrogen-bond acceptors (Lipinski definition) is 8. The van der Waals surface area contributed by atoms with E-state index in [1.165, 1.54) is 16.7 Å². The smallest absolute Gasteiger partial charge is 0.254 e. The molecule has 1 aliphatic rings. The van der Waals surface area contributed by atoms with Crippen LogP contribution in [-0.4, -0.2) is 72.7 Å². The molecule has 1 aliphatic heterocycles. The highest BCUT2D eigenvalue weighted by atomic mass is 35.5. The number of halogens is 2. The molecule has 0 bridgehead atoms. The van der Waals surface area contributed by atoms with E-state index in [-0.39, 0.29) is 23.0 Å². The number of anilines is 1. The predicted molar refractivity (Wildman–Crippen MR) is 136 cm³/mol. The van der Waals surface area contributed by atoms with Gasteiger partial charge in [-0.25, -0.2) is 17.8 Å². The van der Waals surface area contributed by atoms with Gasteiger partial charge in [-0.2, -0.15) is 18.9 Å². The van der Waals surface area contributed by atoms with Gasteiger partial charge in [0.15, 0.2) is 11.5 Å². The number of fused-ring (bicyclic) bond motifs is 1. The van der Waals surface area contributed by atoms with E-state index < -0.39 is 15.8 Å². The minimum absolute atomic E-state index is 0.113. The first-order valence-corrected chi connectivity index (χ1v) is 13.3. The normalized spacial score (nSPS) is 15.1. The van der Waals surface area contributed by atoms with Crippen molar-refractivity contribution in [2.45, 2.75) is 11.3 Å². The Morgan fingerprint density at radius 3 is 2.54 bits per heavy atom.